The van der Waals surface area contributed by atoms with E-state index in [9.17, 15) is 14.0 Å². The molecule has 2 fully saturated rings. The molecular weight excluding hydrogens is 315 g/mol. The largest absolute Gasteiger partial charge is 0.484 e. The highest BCUT2D eigenvalue weighted by Gasteiger charge is 2.57. The Morgan fingerprint density at radius 2 is 2.09 bits per heavy atom. The maximum absolute atomic E-state index is 13.2. The second-order valence-corrected chi connectivity index (χ2v) is 5.88. The molecular formula is C14H14ClFN2O4. The van der Waals surface area contributed by atoms with Crippen LogP contribution < -0.4 is 10.1 Å². The van der Waals surface area contributed by atoms with E-state index in [-0.39, 0.29) is 41.2 Å². The number of carboxylic acid groups (broad SMARTS) is 1. The third-order valence-electron chi connectivity index (χ3n) is 4.05. The van der Waals surface area contributed by atoms with E-state index in [1.54, 1.807) is 0 Å². The third kappa shape index (κ3) is 2.94. The van der Waals surface area contributed by atoms with Crippen molar-refractivity contribution in [3.63, 3.8) is 0 Å². The standard InChI is InChI=1S/C14H14ClFN2O4/c15-10-2-1-7(3-11(10)16)22-6-12(19)17-13-8-4-18(14(20)21)5-9(8)13/h1-3,8-9,13H,4-6H2,(H,17,19)(H,20,21)/t8-,9+,13-. The Morgan fingerprint density at radius 1 is 1.41 bits per heavy atom. The first-order valence-corrected chi connectivity index (χ1v) is 7.18. The van der Waals surface area contributed by atoms with Crippen LogP contribution in [0, 0.1) is 17.7 Å². The minimum atomic E-state index is -0.926. The summed E-state index contributed by atoms with van der Waals surface area (Å²) < 4.78 is 18.4. The van der Waals surface area contributed by atoms with Crippen LogP contribution in [0.3, 0.4) is 0 Å². The van der Waals surface area contributed by atoms with Crippen molar-refractivity contribution in [3.05, 3.63) is 29.0 Å². The fraction of sp³-hybridized carbons (Fsp3) is 0.429. The van der Waals surface area contributed by atoms with Crippen molar-refractivity contribution in [2.75, 3.05) is 19.7 Å². The van der Waals surface area contributed by atoms with E-state index in [4.69, 9.17) is 21.4 Å². The highest BCUT2D eigenvalue weighted by atomic mass is 35.5. The minimum absolute atomic E-state index is 0.00801. The predicted molar refractivity (Wildman–Crippen MR) is 75.4 cm³/mol. The molecule has 1 saturated heterocycles. The van der Waals surface area contributed by atoms with Crippen LogP contribution in [0.4, 0.5) is 9.18 Å². The number of hydrogen-bond donors (Lipinski definition) is 2. The molecule has 8 heteroatoms. The number of fused-ring (bicyclic) bond motifs is 1. The van der Waals surface area contributed by atoms with Crippen molar-refractivity contribution in [2.45, 2.75) is 6.04 Å². The van der Waals surface area contributed by atoms with Gasteiger partial charge in [-0.15, -0.1) is 0 Å². The van der Waals surface area contributed by atoms with Gasteiger partial charge >= 0.3 is 6.09 Å². The lowest BCUT2D eigenvalue weighted by Gasteiger charge is -2.16. The van der Waals surface area contributed by atoms with Gasteiger partial charge in [-0.05, 0) is 12.1 Å². The number of halogens is 2. The van der Waals surface area contributed by atoms with Gasteiger partial charge in [-0.2, -0.15) is 0 Å². The fourth-order valence-electron chi connectivity index (χ4n) is 2.84. The Morgan fingerprint density at radius 3 is 2.68 bits per heavy atom. The van der Waals surface area contributed by atoms with Crippen LogP contribution in [-0.4, -0.2) is 47.7 Å². The maximum Gasteiger partial charge on any atom is 0.407 e. The number of nitrogens with zero attached hydrogens (tertiary/aromatic N) is 1. The molecule has 1 aromatic carbocycles. The lowest BCUT2D eigenvalue weighted by atomic mass is 10.3. The first-order chi connectivity index (χ1) is 10.5. The number of benzene rings is 1. The number of hydrogen-bond acceptors (Lipinski definition) is 3. The molecule has 118 valence electrons. The van der Waals surface area contributed by atoms with Crippen molar-refractivity contribution in [2.24, 2.45) is 11.8 Å². The van der Waals surface area contributed by atoms with E-state index >= 15 is 0 Å². The van der Waals surface area contributed by atoms with Crippen LogP contribution in [-0.2, 0) is 4.79 Å². The summed E-state index contributed by atoms with van der Waals surface area (Å²) in [6.45, 7) is 0.683. The smallest absolute Gasteiger partial charge is 0.407 e. The maximum atomic E-state index is 13.2. The van der Waals surface area contributed by atoms with Gasteiger partial charge in [0.25, 0.3) is 5.91 Å². The number of likely N-dealkylation sites (tertiary alicyclic amines) is 1. The van der Waals surface area contributed by atoms with Gasteiger partial charge in [0, 0.05) is 37.0 Å². The zero-order chi connectivity index (χ0) is 15.9. The Kier molecular flexibility index (Phi) is 3.82. The number of ether oxygens (including phenoxy) is 1. The number of amides is 2. The van der Waals surface area contributed by atoms with Crippen LogP contribution in [0.2, 0.25) is 5.02 Å². The van der Waals surface area contributed by atoms with Gasteiger partial charge in [0.05, 0.1) is 5.02 Å². The predicted octanol–water partition coefficient (Wildman–Crippen LogP) is 1.58. The van der Waals surface area contributed by atoms with Gasteiger partial charge in [-0.3, -0.25) is 4.79 Å². The Balaban J connectivity index is 1.43. The summed E-state index contributed by atoms with van der Waals surface area (Å²) in [5.74, 6) is -0.312. The van der Waals surface area contributed by atoms with Crippen LogP contribution in [0.15, 0.2) is 18.2 Å². The first-order valence-electron chi connectivity index (χ1n) is 6.81. The van der Waals surface area contributed by atoms with E-state index < -0.39 is 11.9 Å². The zero-order valence-electron chi connectivity index (χ0n) is 11.5. The molecule has 6 nitrogen and oxygen atoms in total. The molecule has 22 heavy (non-hydrogen) atoms. The lowest BCUT2D eigenvalue weighted by Crippen LogP contribution is -2.38. The van der Waals surface area contributed by atoms with E-state index in [0.29, 0.717) is 13.1 Å². The minimum Gasteiger partial charge on any atom is -0.484 e. The van der Waals surface area contributed by atoms with Crippen LogP contribution in [0.25, 0.3) is 0 Å². The van der Waals surface area contributed by atoms with Crippen LogP contribution in [0.1, 0.15) is 0 Å². The number of nitrogens with one attached hydrogen (secondary N) is 1. The van der Waals surface area contributed by atoms with Gasteiger partial charge < -0.3 is 20.1 Å². The molecule has 3 atom stereocenters. The Bertz CT molecular complexity index is 615. The van der Waals surface area contributed by atoms with Crippen molar-refractivity contribution in [1.29, 1.82) is 0 Å². The molecule has 1 aliphatic heterocycles. The summed E-state index contributed by atoms with van der Waals surface area (Å²) in [5.41, 5.74) is 0. The first kappa shape index (κ1) is 14.9. The van der Waals surface area contributed by atoms with Gasteiger partial charge in [0.1, 0.15) is 11.6 Å². The molecule has 2 amide bonds. The van der Waals surface area contributed by atoms with Crippen molar-refractivity contribution in [3.8, 4) is 5.75 Å². The van der Waals surface area contributed by atoms with E-state index in [1.165, 1.54) is 17.0 Å². The zero-order valence-corrected chi connectivity index (χ0v) is 12.2. The molecule has 2 aliphatic rings. The second kappa shape index (κ2) is 5.64. The highest BCUT2D eigenvalue weighted by molar-refractivity contribution is 6.30. The molecule has 0 unspecified atom stereocenters. The monoisotopic (exact) mass is 328 g/mol. The average molecular weight is 329 g/mol. The summed E-state index contributed by atoms with van der Waals surface area (Å²) in [5, 5.41) is 11.7. The normalized spacial score (nSPS) is 25.5. The Hall–Kier alpha value is -2.02. The Labute approximate surface area is 130 Å². The quantitative estimate of drug-likeness (QED) is 0.879. The average Bonchev–Trinajstić information content (AvgIpc) is 2.92. The molecule has 0 aromatic heterocycles. The number of carbonyl (C=O) groups is 2. The van der Waals surface area contributed by atoms with Crippen LogP contribution >= 0.6 is 11.6 Å². The highest BCUT2D eigenvalue weighted by Crippen LogP contribution is 2.45. The molecule has 0 radical (unpaired) electrons. The van der Waals surface area contributed by atoms with Gasteiger partial charge in [0.2, 0.25) is 0 Å². The van der Waals surface area contributed by atoms with E-state index in [1.807, 2.05) is 0 Å². The third-order valence-corrected chi connectivity index (χ3v) is 4.36. The second-order valence-electron chi connectivity index (χ2n) is 5.47. The topological polar surface area (TPSA) is 78.9 Å². The SMILES string of the molecule is O=C(COc1ccc(Cl)c(F)c1)N[C@@H]1[C@@H]2CN(C(=O)O)C[C@@H]21. The molecule has 2 N–H and O–H groups in total. The van der Waals surface area contributed by atoms with E-state index in [2.05, 4.69) is 5.32 Å². The molecule has 1 aliphatic carbocycles. The van der Waals surface area contributed by atoms with Gasteiger partial charge in [-0.25, -0.2) is 9.18 Å². The van der Waals surface area contributed by atoms with Gasteiger partial charge in [-0.1, -0.05) is 11.6 Å². The van der Waals surface area contributed by atoms with Crippen molar-refractivity contribution < 1.29 is 23.8 Å². The van der Waals surface area contributed by atoms with Crippen molar-refractivity contribution >= 4 is 23.6 Å². The summed E-state index contributed by atoms with van der Waals surface area (Å²) >= 11 is 5.55. The summed E-state index contributed by atoms with van der Waals surface area (Å²) in [6.07, 6.45) is -0.926. The van der Waals surface area contributed by atoms with Gasteiger partial charge in [0.15, 0.2) is 6.61 Å². The number of carbonyl (C=O) groups excluding carboxylic acids is 1. The number of piperidine rings is 1. The number of rotatable bonds is 4. The molecule has 0 bridgehead atoms. The molecule has 1 aromatic rings. The van der Waals surface area contributed by atoms with Crippen LogP contribution in [0.5, 0.6) is 5.75 Å². The fourth-order valence-corrected chi connectivity index (χ4v) is 2.96. The summed E-state index contributed by atoms with van der Waals surface area (Å²) in [4.78, 5) is 23.9. The molecule has 0 spiro atoms. The molecule has 1 saturated carbocycles. The van der Waals surface area contributed by atoms with Crippen molar-refractivity contribution in [1.82, 2.24) is 10.2 Å². The summed E-state index contributed by atoms with van der Waals surface area (Å²) in [7, 11) is 0. The molecule has 3 rings (SSSR count). The lowest BCUT2D eigenvalue weighted by molar-refractivity contribution is -0.123. The van der Waals surface area contributed by atoms with E-state index in [0.717, 1.165) is 6.07 Å². The molecule has 1 heterocycles. The summed E-state index contributed by atoms with van der Waals surface area (Å²) in [6, 6.07) is 3.96.